The molecule has 0 bridgehead atoms. The minimum atomic E-state index is -0.485. The highest BCUT2D eigenvalue weighted by Gasteiger charge is 2.11. The number of hydrogen-bond donors (Lipinski definition) is 1. The quantitative estimate of drug-likeness (QED) is 0.913. The lowest BCUT2D eigenvalue weighted by Gasteiger charge is -2.14. The molecule has 0 aliphatic carbocycles. The molecule has 0 fully saturated rings. The summed E-state index contributed by atoms with van der Waals surface area (Å²) in [5.41, 5.74) is 5.68. The number of hydrogen-bond acceptors (Lipinski definition) is 2. The summed E-state index contributed by atoms with van der Waals surface area (Å²) in [6, 6.07) is 12.2. The Kier molecular flexibility index (Phi) is 4.46. The summed E-state index contributed by atoms with van der Waals surface area (Å²) >= 11 is 0. The van der Waals surface area contributed by atoms with Crippen molar-refractivity contribution >= 4 is 0 Å². The molecule has 2 rings (SSSR count). The molecule has 2 nitrogen and oxygen atoms in total. The molecule has 0 heterocycles. The first kappa shape index (κ1) is 14.6. The first-order valence-electron chi connectivity index (χ1n) is 6.90. The van der Waals surface area contributed by atoms with Gasteiger partial charge in [0.15, 0.2) is 0 Å². The topological polar surface area (TPSA) is 29.5 Å². The summed E-state index contributed by atoms with van der Waals surface area (Å²) < 4.78 is 5.25. The van der Waals surface area contributed by atoms with Crippen molar-refractivity contribution in [3.8, 4) is 5.75 Å². The number of ether oxygens (including phenoxy) is 1. The maximum absolute atomic E-state index is 10.4. The van der Waals surface area contributed by atoms with Gasteiger partial charge in [0, 0.05) is 6.42 Å². The van der Waals surface area contributed by atoms with E-state index >= 15 is 0 Å². The second-order valence-electron chi connectivity index (χ2n) is 5.37. The lowest BCUT2D eigenvalue weighted by atomic mass is 9.97. The van der Waals surface area contributed by atoms with Crippen molar-refractivity contribution < 1.29 is 9.84 Å². The second kappa shape index (κ2) is 6.10. The SMILES string of the molecule is COc1ccc(C(O)Cc2ccc(C)c(C)c2)cc1C. The van der Waals surface area contributed by atoms with Crippen LogP contribution < -0.4 is 4.74 Å². The van der Waals surface area contributed by atoms with E-state index in [1.165, 1.54) is 11.1 Å². The standard InChI is InChI=1S/C18H22O2/c1-12-5-6-15(9-13(12)2)11-17(19)16-7-8-18(20-4)14(3)10-16/h5-10,17,19H,11H2,1-4H3. The molecular formula is C18H22O2. The average Bonchev–Trinajstić information content (AvgIpc) is 2.42. The molecule has 2 aromatic carbocycles. The van der Waals surface area contributed by atoms with Crippen LogP contribution in [0.15, 0.2) is 36.4 Å². The predicted octanol–water partition coefficient (Wildman–Crippen LogP) is 3.90. The largest absolute Gasteiger partial charge is 0.496 e. The van der Waals surface area contributed by atoms with Gasteiger partial charge in [0.05, 0.1) is 13.2 Å². The Bertz CT molecular complexity index is 602. The van der Waals surface area contributed by atoms with Crippen molar-refractivity contribution in [1.29, 1.82) is 0 Å². The number of methoxy groups -OCH3 is 1. The van der Waals surface area contributed by atoms with Gasteiger partial charge in [-0.05, 0) is 60.7 Å². The van der Waals surface area contributed by atoms with E-state index in [2.05, 4.69) is 32.0 Å². The molecule has 0 radical (unpaired) electrons. The normalized spacial score (nSPS) is 12.2. The fourth-order valence-corrected chi connectivity index (χ4v) is 2.38. The number of aryl methyl sites for hydroxylation is 3. The van der Waals surface area contributed by atoms with Gasteiger partial charge in [-0.3, -0.25) is 0 Å². The highest BCUT2D eigenvalue weighted by molar-refractivity contribution is 5.38. The zero-order valence-electron chi connectivity index (χ0n) is 12.6. The van der Waals surface area contributed by atoms with Crippen LogP contribution in [0.4, 0.5) is 0 Å². The molecule has 0 amide bonds. The molecule has 0 aliphatic rings. The number of benzene rings is 2. The molecule has 1 N–H and O–H groups in total. The Morgan fingerprint density at radius 2 is 1.70 bits per heavy atom. The fraction of sp³-hybridized carbons (Fsp3) is 0.333. The third-order valence-electron chi connectivity index (χ3n) is 3.80. The molecular weight excluding hydrogens is 248 g/mol. The maximum Gasteiger partial charge on any atom is 0.121 e. The van der Waals surface area contributed by atoms with Crippen LogP contribution in [0.2, 0.25) is 0 Å². The van der Waals surface area contributed by atoms with E-state index in [0.717, 1.165) is 22.4 Å². The van der Waals surface area contributed by atoms with Crippen molar-refractivity contribution in [1.82, 2.24) is 0 Å². The van der Waals surface area contributed by atoms with E-state index in [4.69, 9.17) is 4.74 Å². The van der Waals surface area contributed by atoms with Crippen molar-refractivity contribution in [3.05, 3.63) is 64.2 Å². The van der Waals surface area contributed by atoms with Gasteiger partial charge in [-0.1, -0.05) is 24.3 Å². The summed E-state index contributed by atoms with van der Waals surface area (Å²) in [5.74, 6) is 0.854. The van der Waals surface area contributed by atoms with Crippen molar-refractivity contribution in [3.63, 3.8) is 0 Å². The Labute approximate surface area is 121 Å². The van der Waals surface area contributed by atoms with E-state index in [9.17, 15) is 5.11 Å². The van der Waals surface area contributed by atoms with Gasteiger partial charge < -0.3 is 9.84 Å². The zero-order valence-corrected chi connectivity index (χ0v) is 12.6. The van der Waals surface area contributed by atoms with Crippen LogP contribution in [-0.2, 0) is 6.42 Å². The van der Waals surface area contributed by atoms with E-state index < -0.39 is 6.10 Å². The smallest absolute Gasteiger partial charge is 0.121 e. The Balaban J connectivity index is 2.17. The number of rotatable bonds is 4. The molecule has 0 aliphatic heterocycles. The van der Waals surface area contributed by atoms with Crippen molar-refractivity contribution in [2.45, 2.75) is 33.3 Å². The third-order valence-corrected chi connectivity index (χ3v) is 3.80. The molecule has 20 heavy (non-hydrogen) atoms. The van der Waals surface area contributed by atoms with Gasteiger partial charge in [0.1, 0.15) is 5.75 Å². The second-order valence-corrected chi connectivity index (χ2v) is 5.37. The van der Waals surface area contributed by atoms with Crippen LogP contribution in [-0.4, -0.2) is 12.2 Å². The van der Waals surface area contributed by atoms with Crippen molar-refractivity contribution in [2.75, 3.05) is 7.11 Å². The van der Waals surface area contributed by atoms with E-state index in [1.54, 1.807) is 7.11 Å². The molecule has 0 saturated carbocycles. The summed E-state index contributed by atoms with van der Waals surface area (Å²) in [6.45, 7) is 6.19. The minimum absolute atomic E-state index is 0.485. The molecule has 2 aromatic rings. The average molecular weight is 270 g/mol. The summed E-state index contributed by atoms with van der Waals surface area (Å²) in [4.78, 5) is 0. The maximum atomic E-state index is 10.4. The highest BCUT2D eigenvalue weighted by Crippen LogP contribution is 2.25. The summed E-state index contributed by atoms with van der Waals surface area (Å²) in [6.07, 6.45) is 0.147. The van der Waals surface area contributed by atoms with Crippen LogP contribution in [0.25, 0.3) is 0 Å². The van der Waals surface area contributed by atoms with Crippen LogP contribution in [0.1, 0.15) is 33.9 Å². The lowest BCUT2D eigenvalue weighted by Crippen LogP contribution is -2.03. The van der Waals surface area contributed by atoms with Crippen LogP contribution >= 0.6 is 0 Å². The molecule has 1 unspecified atom stereocenters. The fourth-order valence-electron chi connectivity index (χ4n) is 2.38. The number of aliphatic hydroxyl groups excluding tert-OH is 1. The van der Waals surface area contributed by atoms with Crippen LogP contribution in [0.5, 0.6) is 5.75 Å². The van der Waals surface area contributed by atoms with Crippen molar-refractivity contribution in [2.24, 2.45) is 0 Å². The predicted molar refractivity (Wildman–Crippen MR) is 82.3 cm³/mol. The lowest BCUT2D eigenvalue weighted by molar-refractivity contribution is 0.178. The molecule has 1 atom stereocenters. The first-order valence-corrected chi connectivity index (χ1v) is 6.90. The highest BCUT2D eigenvalue weighted by atomic mass is 16.5. The van der Waals surface area contributed by atoms with Gasteiger partial charge in [-0.2, -0.15) is 0 Å². The summed E-state index contributed by atoms with van der Waals surface area (Å²) in [7, 11) is 1.66. The molecule has 106 valence electrons. The van der Waals surface area contributed by atoms with Gasteiger partial charge in [-0.25, -0.2) is 0 Å². The zero-order chi connectivity index (χ0) is 14.7. The Morgan fingerprint density at radius 1 is 0.950 bits per heavy atom. The molecule has 2 heteroatoms. The van der Waals surface area contributed by atoms with E-state index in [1.807, 2.05) is 25.1 Å². The third kappa shape index (κ3) is 3.20. The Hall–Kier alpha value is -1.80. The molecule has 0 saturated heterocycles. The number of aliphatic hydroxyl groups is 1. The minimum Gasteiger partial charge on any atom is -0.496 e. The monoisotopic (exact) mass is 270 g/mol. The molecule has 0 spiro atoms. The van der Waals surface area contributed by atoms with Gasteiger partial charge >= 0.3 is 0 Å². The van der Waals surface area contributed by atoms with Gasteiger partial charge in [0.2, 0.25) is 0 Å². The van der Waals surface area contributed by atoms with Gasteiger partial charge in [-0.15, -0.1) is 0 Å². The molecule has 0 aromatic heterocycles. The Morgan fingerprint density at radius 3 is 2.30 bits per heavy atom. The summed E-state index contributed by atoms with van der Waals surface area (Å²) in [5, 5.41) is 10.4. The van der Waals surface area contributed by atoms with E-state index in [0.29, 0.717) is 6.42 Å². The van der Waals surface area contributed by atoms with E-state index in [-0.39, 0.29) is 0 Å². The van der Waals surface area contributed by atoms with Crippen LogP contribution in [0, 0.1) is 20.8 Å². The van der Waals surface area contributed by atoms with Crippen LogP contribution in [0.3, 0.4) is 0 Å². The first-order chi connectivity index (χ1) is 9.51. The van der Waals surface area contributed by atoms with Gasteiger partial charge in [0.25, 0.3) is 0 Å².